The largest absolute Gasteiger partial charge is 0.141 e. The molecule has 0 aliphatic heterocycles. The molecule has 2 aliphatic carbocycles. The van der Waals surface area contributed by atoms with Gasteiger partial charge in [-0.15, -0.1) is 22.7 Å². The van der Waals surface area contributed by atoms with E-state index in [9.17, 15) is 0 Å². The van der Waals surface area contributed by atoms with Crippen LogP contribution < -0.4 is 0 Å². The van der Waals surface area contributed by atoms with E-state index in [0.717, 1.165) is 0 Å². The van der Waals surface area contributed by atoms with Crippen LogP contribution in [0, 0.1) is 6.92 Å². The van der Waals surface area contributed by atoms with Gasteiger partial charge < -0.3 is 0 Å². The molecule has 0 fully saturated rings. The lowest BCUT2D eigenvalue weighted by Gasteiger charge is -2.30. The Morgan fingerprint density at radius 3 is 1.06 bits per heavy atom. The molecule has 7 rings (SSSR count). The summed E-state index contributed by atoms with van der Waals surface area (Å²) in [7, 11) is 0. The Balaban J connectivity index is 1.05. The zero-order valence-electron chi connectivity index (χ0n) is 42.2. The fourth-order valence-electron chi connectivity index (χ4n) is 12.1. The van der Waals surface area contributed by atoms with Crippen molar-refractivity contribution in [1.29, 1.82) is 0 Å². The van der Waals surface area contributed by atoms with Crippen LogP contribution in [-0.2, 0) is 10.8 Å². The van der Waals surface area contributed by atoms with Gasteiger partial charge in [-0.3, -0.25) is 0 Å². The highest BCUT2D eigenvalue weighted by atomic mass is 32.1. The highest BCUT2D eigenvalue weighted by molar-refractivity contribution is 7.19. The van der Waals surface area contributed by atoms with Crippen LogP contribution in [0.3, 0.4) is 0 Å². The monoisotopic (exact) mass is 899 g/mol. The van der Waals surface area contributed by atoms with Crippen LogP contribution in [0.1, 0.15) is 272 Å². The average Bonchev–Trinajstić information content (AvgIpc) is 4.00. The predicted octanol–water partition coefficient (Wildman–Crippen LogP) is 21.9. The van der Waals surface area contributed by atoms with Crippen LogP contribution in [0.5, 0.6) is 0 Å². The highest BCUT2D eigenvalue weighted by Crippen LogP contribution is 2.60. The van der Waals surface area contributed by atoms with Gasteiger partial charge in [0.05, 0.1) is 0 Å². The molecule has 2 atom stereocenters. The molecule has 0 radical (unpaired) electrons. The van der Waals surface area contributed by atoms with E-state index in [1.807, 2.05) is 22.7 Å². The Kier molecular flexibility index (Phi) is 18.6. The predicted molar refractivity (Wildman–Crippen MR) is 290 cm³/mol. The van der Waals surface area contributed by atoms with Crippen LogP contribution in [-0.4, -0.2) is 0 Å². The minimum Gasteiger partial charge on any atom is -0.141 e. The first-order chi connectivity index (χ1) is 31.2. The Bertz CT molecular complexity index is 2210. The third kappa shape index (κ3) is 11.8. The zero-order chi connectivity index (χ0) is 44.9. The number of rotatable bonds is 31. The van der Waals surface area contributed by atoms with E-state index in [0.29, 0.717) is 5.92 Å². The first-order valence-electron chi connectivity index (χ1n) is 27.5. The van der Waals surface area contributed by atoms with Crippen molar-refractivity contribution in [3.63, 3.8) is 0 Å². The molecule has 0 saturated heterocycles. The standard InChI is InChI=1S/C62H90S2/c1-8-10-12-14-16-18-20-22-24-26-28-30-32-34-36-61(6)54-39-48-38-47(5)63-59(48)44-52(54)50-42-57-51(43-56(50)61)53-45-60-49(41-58(64-60)46(3)4)40-55(53)62(57,7)37-35-33-31-29-27-25-23-21-19-17-15-13-11-9-2/h38-46H,8-37H2,1-7H3. The number of unbranched alkanes of at least 4 members (excludes halogenated alkanes) is 26. The molecule has 2 aliphatic rings. The topological polar surface area (TPSA) is 0 Å². The molecule has 2 unspecified atom stereocenters. The van der Waals surface area contributed by atoms with Crippen molar-refractivity contribution < 1.29 is 0 Å². The van der Waals surface area contributed by atoms with Crippen molar-refractivity contribution in [2.75, 3.05) is 0 Å². The van der Waals surface area contributed by atoms with Gasteiger partial charge in [-0.2, -0.15) is 0 Å². The van der Waals surface area contributed by atoms with Crippen molar-refractivity contribution in [2.45, 2.75) is 258 Å². The van der Waals surface area contributed by atoms with Crippen LogP contribution in [0.2, 0.25) is 0 Å². The number of thiophene rings is 2. The van der Waals surface area contributed by atoms with Crippen LogP contribution in [0.15, 0.2) is 48.5 Å². The van der Waals surface area contributed by atoms with E-state index in [1.165, 1.54) is 234 Å². The molecule has 0 nitrogen and oxygen atoms in total. The van der Waals surface area contributed by atoms with Crippen molar-refractivity contribution in [3.05, 3.63) is 80.5 Å². The van der Waals surface area contributed by atoms with Gasteiger partial charge in [0.25, 0.3) is 0 Å². The molecule has 0 N–H and O–H groups in total. The third-order valence-corrected chi connectivity index (χ3v) is 18.6. The van der Waals surface area contributed by atoms with Gasteiger partial charge in [0.1, 0.15) is 0 Å². The highest BCUT2D eigenvalue weighted by Gasteiger charge is 2.45. The van der Waals surface area contributed by atoms with Gasteiger partial charge in [-0.25, -0.2) is 0 Å². The number of hydrogen-bond acceptors (Lipinski definition) is 2. The number of aryl methyl sites for hydroxylation is 1. The minimum absolute atomic E-state index is 0.0301. The Morgan fingerprint density at radius 1 is 0.375 bits per heavy atom. The quantitative estimate of drug-likeness (QED) is 0.0389. The first-order valence-corrected chi connectivity index (χ1v) is 29.1. The van der Waals surface area contributed by atoms with Crippen LogP contribution >= 0.6 is 22.7 Å². The van der Waals surface area contributed by atoms with E-state index < -0.39 is 0 Å². The number of hydrogen-bond donors (Lipinski definition) is 0. The Hall–Kier alpha value is -2.42. The van der Waals surface area contributed by atoms with Crippen LogP contribution in [0.25, 0.3) is 42.4 Å². The lowest BCUT2D eigenvalue weighted by atomic mass is 9.73. The minimum atomic E-state index is 0.0301. The maximum atomic E-state index is 2.74. The van der Waals surface area contributed by atoms with Crippen molar-refractivity contribution in [3.8, 4) is 22.3 Å². The average molecular weight is 900 g/mol. The van der Waals surface area contributed by atoms with E-state index in [-0.39, 0.29) is 10.8 Å². The second kappa shape index (κ2) is 24.0. The molecule has 350 valence electrons. The Morgan fingerprint density at radius 2 is 0.688 bits per heavy atom. The molecule has 2 heterocycles. The van der Waals surface area contributed by atoms with Crippen molar-refractivity contribution in [1.82, 2.24) is 0 Å². The number of benzene rings is 3. The first kappa shape index (κ1) is 49.5. The second-order valence-corrected chi connectivity index (χ2v) is 24.2. The molecule has 0 spiro atoms. The molecular formula is C62H90S2. The molecule has 0 bridgehead atoms. The molecule has 0 saturated carbocycles. The van der Waals surface area contributed by atoms with Gasteiger partial charge in [-0.1, -0.05) is 221 Å². The normalized spacial score (nSPS) is 17.6. The third-order valence-electron chi connectivity index (χ3n) is 16.2. The molecule has 64 heavy (non-hydrogen) atoms. The number of fused-ring (bicyclic) bond motifs is 8. The van der Waals surface area contributed by atoms with E-state index in [1.54, 1.807) is 33.4 Å². The SMILES string of the molecule is CCCCCCCCCCCCCCCCC1(C)c2cc3c(cc2-c2cc4sc(C)cc4cc21)C(C)(CCCCCCCCCCCCCCCC)c1cc2cc(C(C)C)sc2cc1-3. The summed E-state index contributed by atoms with van der Waals surface area (Å²) in [4.78, 5) is 2.95. The summed E-state index contributed by atoms with van der Waals surface area (Å²) in [5.41, 5.74) is 12.6. The lowest BCUT2D eigenvalue weighted by Crippen LogP contribution is -2.22. The summed E-state index contributed by atoms with van der Waals surface area (Å²) in [6, 6.07) is 20.9. The second-order valence-electron chi connectivity index (χ2n) is 21.8. The van der Waals surface area contributed by atoms with Gasteiger partial charge in [0.15, 0.2) is 0 Å². The molecule has 2 aromatic heterocycles. The molecule has 3 aromatic carbocycles. The fraction of sp³-hybridized carbons (Fsp3) is 0.645. The maximum absolute atomic E-state index is 2.74. The summed E-state index contributed by atoms with van der Waals surface area (Å²) in [5, 5.41) is 2.91. The summed E-state index contributed by atoms with van der Waals surface area (Å²) in [6.45, 7) is 16.9. The Labute approximate surface area is 401 Å². The zero-order valence-corrected chi connectivity index (χ0v) is 43.9. The summed E-state index contributed by atoms with van der Waals surface area (Å²) >= 11 is 4.01. The van der Waals surface area contributed by atoms with Crippen molar-refractivity contribution in [2.24, 2.45) is 0 Å². The maximum Gasteiger partial charge on any atom is 0.0352 e. The van der Waals surface area contributed by atoms with E-state index in [4.69, 9.17) is 0 Å². The molecule has 0 amide bonds. The molecular weight excluding hydrogens is 809 g/mol. The van der Waals surface area contributed by atoms with Crippen LogP contribution in [0.4, 0.5) is 0 Å². The van der Waals surface area contributed by atoms with Crippen molar-refractivity contribution >= 4 is 42.8 Å². The molecule has 5 aromatic rings. The lowest BCUT2D eigenvalue weighted by molar-refractivity contribution is 0.473. The summed E-state index contributed by atoms with van der Waals surface area (Å²) in [5.74, 6) is 0.567. The fourth-order valence-corrected chi connectivity index (χ4v) is 14.1. The molecule has 2 heteroatoms. The van der Waals surface area contributed by atoms with Gasteiger partial charge in [0.2, 0.25) is 0 Å². The van der Waals surface area contributed by atoms with Gasteiger partial charge in [0, 0.05) is 30.0 Å². The summed E-state index contributed by atoms with van der Waals surface area (Å²) < 4.78 is 2.93. The van der Waals surface area contributed by atoms with Gasteiger partial charge >= 0.3 is 0 Å². The smallest absolute Gasteiger partial charge is 0.0352 e. The van der Waals surface area contributed by atoms with E-state index in [2.05, 4.69) is 97.0 Å². The van der Waals surface area contributed by atoms with E-state index >= 15 is 0 Å². The summed E-state index contributed by atoms with van der Waals surface area (Å²) in [6.07, 6.45) is 42.1. The van der Waals surface area contributed by atoms with Gasteiger partial charge in [-0.05, 0) is 129 Å².